The van der Waals surface area contributed by atoms with Gasteiger partial charge >= 0.3 is 0 Å². The summed E-state index contributed by atoms with van der Waals surface area (Å²) >= 11 is 0. The molecule has 1 amide bonds. The lowest BCUT2D eigenvalue weighted by Gasteiger charge is -2.31. The summed E-state index contributed by atoms with van der Waals surface area (Å²) in [5.41, 5.74) is 0. The first-order valence-electron chi connectivity index (χ1n) is 8.57. The normalized spacial score (nSPS) is 32.9. The first-order valence-corrected chi connectivity index (χ1v) is 8.57. The van der Waals surface area contributed by atoms with Crippen LogP contribution in [0.1, 0.15) is 66.2 Å². The van der Waals surface area contributed by atoms with Gasteiger partial charge in [0.25, 0.3) is 0 Å². The molecule has 2 rings (SSSR count). The summed E-state index contributed by atoms with van der Waals surface area (Å²) in [6.45, 7) is 8.51. The van der Waals surface area contributed by atoms with Gasteiger partial charge in [-0.1, -0.05) is 19.8 Å². The highest BCUT2D eigenvalue weighted by atomic mass is 16.2. The number of carbonyl (C=O) groups is 1. The topological polar surface area (TPSA) is 41.1 Å². The van der Waals surface area contributed by atoms with Crippen LogP contribution in [-0.2, 0) is 4.79 Å². The van der Waals surface area contributed by atoms with E-state index in [0.717, 1.165) is 30.6 Å². The standard InChI is InChI=1S/C17H32N2O/c1-5-6-11(2)18-17(20)13(4)19-12(3)16-10-14-7-8-15(16)9-14/h11-16,19H,5-10H2,1-4H3,(H,18,20)/t11?,12?,13?,14-,15+,16?/m0/s1. The molecule has 2 aliphatic carbocycles. The molecule has 0 radical (unpaired) electrons. The zero-order chi connectivity index (χ0) is 14.7. The van der Waals surface area contributed by atoms with Gasteiger partial charge in [-0.05, 0) is 64.2 Å². The predicted octanol–water partition coefficient (Wildman–Crippen LogP) is 3.09. The Balaban J connectivity index is 1.75. The van der Waals surface area contributed by atoms with Gasteiger partial charge in [0.2, 0.25) is 5.91 Å². The van der Waals surface area contributed by atoms with Crippen LogP contribution in [0.2, 0.25) is 0 Å². The lowest BCUT2D eigenvalue weighted by Crippen LogP contribution is -2.50. The third-order valence-corrected chi connectivity index (χ3v) is 5.45. The summed E-state index contributed by atoms with van der Waals surface area (Å²) in [6, 6.07) is 0.672. The van der Waals surface area contributed by atoms with E-state index in [1.807, 2.05) is 6.92 Å². The highest BCUT2D eigenvalue weighted by molar-refractivity contribution is 5.81. The number of hydrogen-bond acceptors (Lipinski definition) is 2. The summed E-state index contributed by atoms with van der Waals surface area (Å²) in [4.78, 5) is 12.2. The predicted molar refractivity (Wildman–Crippen MR) is 83.5 cm³/mol. The molecule has 0 heterocycles. The van der Waals surface area contributed by atoms with Gasteiger partial charge in [0.05, 0.1) is 6.04 Å². The van der Waals surface area contributed by atoms with Crippen molar-refractivity contribution >= 4 is 5.91 Å². The zero-order valence-corrected chi connectivity index (χ0v) is 13.6. The van der Waals surface area contributed by atoms with E-state index in [2.05, 4.69) is 31.4 Å². The van der Waals surface area contributed by atoms with E-state index in [1.54, 1.807) is 0 Å². The Morgan fingerprint density at radius 2 is 1.95 bits per heavy atom. The fourth-order valence-corrected chi connectivity index (χ4v) is 4.37. The third kappa shape index (κ3) is 3.75. The van der Waals surface area contributed by atoms with Gasteiger partial charge in [0, 0.05) is 12.1 Å². The number of hydrogen-bond donors (Lipinski definition) is 2. The largest absolute Gasteiger partial charge is 0.352 e. The molecule has 0 saturated heterocycles. The second kappa shape index (κ2) is 6.93. The maximum Gasteiger partial charge on any atom is 0.237 e. The average molecular weight is 280 g/mol. The Labute approximate surface area is 124 Å². The van der Waals surface area contributed by atoms with E-state index in [0.29, 0.717) is 6.04 Å². The van der Waals surface area contributed by atoms with Crippen LogP contribution in [0.3, 0.4) is 0 Å². The van der Waals surface area contributed by atoms with Crippen molar-refractivity contribution in [1.29, 1.82) is 0 Å². The van der Waals surface area contributed by atoms with E-state index in [-0.39, 0.29) is 18.0 Å². The van der Waals surface area contributed by atoms with Gasteiger partial charge < -0.3 is 10.6 Å². The first-order chi connectivity index (χ1) is 9.51. The van der Waals surface area contributed by atoms with Gasteiger partial charge in [-0.2, -0.15) is 0 Å². The van der Waals surface area contributed by atoms with Crippen LogP contribution in [-0.4, -0.2) is 24.0 Å². The number of carbonyl (C=O) groups excluding carboxylic acids is 1. The van der Waals surface area contributed by atoms with Gasteiger partial charge in [-0.25, -0.2) is 0 Å². The molecule has 116 valence electrons. The van der Waals surface area contributed by atoms with Crippen LogP contribution < -0.4 is 10.6 Å². The number of nitrogens with one attached hydrogen (secondary N) is 2. The van der Waals surface area contributed by atoms with Gasteiger partial charge in [-0.15, -0.1) is 0 Å². The highest BCUT2D eigenvalue weighted by Crippen LogP contribution is 2.49. The second-order valence-corrected chi connectivity index (χ2v) is 7.21. The fourth-order valence-electron chi connectivity index (χ4n) is 4.37. The third-order valence-electron chi connectivity index (χ3n) is 5.45. The average Bonchev–Trinajstić information content (AvgIpc) is 3.00. The van der Waals surface area contributed by atoms with E-state index in [9.17, 15) is 4.79 Å². The second-order valence-electron chi connectivity index (χ2n) is 7.21. The maximum absolute atomic E-state index is 12.2. The molecule has 0 aromatic heterocycles. The molecule has 4 unspecified atom stereocenters. The van der Waals surface area contributed by atoms with E-state index in [4.69, 9.17) is 0 Å². The molecule has 2 fully saturated rings. The van der Waals surface area contributed by atoms with Crippen LogP contribution in [0.15, 0.2) is 0 Å². The number of rotatable bonds is 7. The quantitative estimate of drug-likeness (QED) is 0.752. The van der Waals surface area contributed by atoms with E-state index < -0.39 is 0 Å². The Bertz CT molecular complexity index is 331. The lowest BCUT2D eigenvalue weighted by molar-refractivity contribution is -0.123. The Morgan fingerprint density at radius 3 is 2.50 bits per heavy atom. The Kier molecular flexibility index (Phi) is 5.48. The van der Waals surface area contributed by atoms with Crippen molar-refractivity contribution in [2.24, 2.45) is 17.8 Å². The molecule has 3 nitrogen and oxygen atoms in total. The minimum absolute atomic E-state index is 0.0802. The molecule has 0 aromatic rings. The minimum Gasteiger partial charge on any atom is -0.352 e. The summed E-state index contributed by atoms with van der Waals surface area (Å²) < 4.78 is 0. The lowest BCUT2D eigenvalue weighted by atomic mass is 9.84. The molecule has 0 aliphatic heterocycles. The maximum atomic E-state index is 12.2. The van der Waals surface area contributed by atoms with Crippen molar-refractivity contribution < 1.29 is 4.79 Å². The fraction of sp³-hybridized carbons (Fsp3) is 0.941. The molecule has 2 aliphatic rings. The van der Waals surface area contributed by atoms with Crippen LogP contribution in [0, 0.1) is 17.8 Å². The molecule has 2 saturated carbocycles. The smallest absolute Gasteiger partial charge is 0.237 e. The van der Waals surface area contributed by atoms with Crippen molar-refractivity contribution in [3.8, 4) is 0 Å². The van der Waals surface area contributed by atoms with Crippen molar-refractivity contribution in [3.63, 3.8) is 0 Å². The van der Waals surface area contributed by atoms with Crippen LogP contribution >= 0.6 is 0 Å². The molecule has 2 N–H and O–H groups in total. The molecular formula is C17H32N2O. The first kappa shape index (κ1) is 15.8. The molecule has 6 atom stereocenters. The summed E-state index contributed by atoms with van der Waals surface area (Å²) in [5.74, 6) is 2.83. The van der Waals surface area contributed by atoms with E-state index in [1.165, 1.54) is 25.7 Å². The SMILES string of the molecule is CCCC(C)NC(=O)C(C)NC(C)C1C[C@H]2CC[C@@H]1C2. The Hall–Kier alpha value is -0.570. The number of fused-ring (bicyclic) bond motifs is 2. The molecule has 20 heavy (non-hydrogen) atoms. The molecule has 0 aromatic carbocycles. The van der Waals surface area contributed by atoms with Crippen molar-refractivity contribution in [2.75, 3.05) is 0 Å². The monoisotopic (exact) mass is 280 g/mol. The van der Waals surface area contributed by atoms with Crippen molar-refractivity contribution in [1.82, 2.24) is 10.6 Å². The summed E-state index contributed by atoms with van der Waals surface area (Å²) in [6.07, 6.45) is 7.84. The molecular weight excluding hydrogens is 248 g/mol. The highest BCUT2D eigenvalue weighted by Gasteiger charge is 2.42. The van der Waals surface area contributed by atoms with Gasteiger partial charge in [0.1, 0.15) is 0 Å². The van der Waals surface area contributed by atoms with Crippen molar-refractivity contribution in [2.45, 2.75) is 84.3 Å². The van der Waals surface area contributed by atoms with Crippen molar-refractivity contribution in [3.05, 3.63) is 0 Å². The zero-order valence-electron chi connectivity index (χ0n) is 13.6. The molecule has 0 spiro atoms. The summed E-state index contributed by atoms with van der Waals surface area (Å²) in [5, 5.41) is 6.65. The number of amides is 1. The van der Waals surface area contributed by atoms with Gasteiger partial charge in [0.15, 0.2) is 0 Å². The minimum atomic E-state index is -0.0802. The van der Waals surface area contributed by atoms with Crippen LogP contribution in [0.25, 0.3) is 0 Å². The van der Waals surface area contributed by atoms with Gasteiger partial charge in [-0.3, -0.25) is 4.79 Å². The molecule has 2 bridgehead atoms. The van der Waals surface area contributed by atoms with Crippen LogP contribution in [0.5, 0.6) is 0 Å². The van der Waals surface area contributed by atoms with Crippen LogP contribution in [0.4, 0.5) is 0 Å². The van der Waals surface area contributed by atoms with E-state index >= 15 is 0 Å². The summed E-state index contributed by atoms with van der Waals surface area (Å²) in [7, 11) is 0. The Morgan fingerprint density at radius 1 is 1.20 bits per heavy atom. The molecule has 3 heteroatoms.